The molecule has 2 aliphatic rings. The van der Waals surface area contributed by atoms with Crippen molar-refractivity contribution in [3.8, 4) is 11.3 Å². The number of hydrogen-bond acceptors (Lipinski definition) is 5. The summed E-state index contributed by atoms with van der Waals surface area (Å²) in [5.74, 6) is 0.756. The van der Waals surface area contributed by atoms with E-state index in [1.807, 2.05) is 40.2 Å². The Morgan fingerprint density at radius 2 is 2.07 bits per heavy atom. The van der Waals surface area contributed by atoms with Gasteiger partial charge < -0.3 is 4.90 Å². The van der Waals surface area contributed by atoms with E-state index >= 15 is 0 Å². The number of amides is 1. The van der Waals surface area contributed by atoms with Crippen molar-refractivity contribution in [3.63, 3.8) is 0 Å². The maximum absolute atomic E-state index is 12.7. The molecule has 4 heterocycles. The molecular formula is C20H17N5OS. The Hall–Kier alpha value is -3.06. The van der Waals surface area contributed by atoms with Crippen LogP contribution < -0.4 is 0 Å². The van der Waals surface area contributed by atoms with Gasteiger partial charge in [0.2, 0.25) is 5.91 Å². The molecule has 5 rings (SSSR count). The average molecular weight is 375 g/mol. The molecule has 0 saturated carbocycles. The first-order valence-electron chi connectivity index (χ1n) is 8.79. The van der Waals surface area contributed by atoms with Gasteiger partial charge in [-0.1, -0.05) is 18.2 Å². The van der Waals surface area contributed by atoms with Gasteiger partial charge in [0.1, 0.15) is 18.7 Å². The normalized spacial score (nSPS) is 16.3. The number of hydrogen-bond donors (Lipinski definition) is 0. The predicted molar refractivity (Wildman–Crippen MR) is 106 cm³/mol. The molecule has 3 aromatic rings. The standard InChI is InChI=1S/C20H17N5OS/c1-13-9-24(11-22-13)19-7-18-16-4-2-3-15(17-10-27-12-23-17)14(16)5-6-25(18)20(26)8-21-19/h2-4,7,9-12H,5-6,8H2,1H3. The maximum atomic E-state index is 12.7. The minimum absolute atomic E-state index is 0.0257. The van der Waals surface area contributed by atoms with E-state index in [0.717, 1.165) is 40.5 Å². The maximum Gasteiger partial charge on any atom is 0.248 e. The van der Waals surface area contributed by atoms with Crippen LogP contribution in [0.1, 0.15) is 16.8 Å². The lowest BCUT2D eigenvalue weighted by Gasteiger charge is -2.31. The van der Waals surface area contributed by atoms with Gasteiger partial charge in [-0.05, 0) is 18.9 Å². The van der Waals surface area contributed by atoms with Gasteiger partial charge in [0.05, 0.1) is 22.6 Å². The third-order valence-electron chi connectivity index (χ3n) is 4.96. The third kappa shape index (κ3) is 2.71. The molecular weight excluding hydrogens is 358 g/mol. The van der Waals surface area contributed by atoms with Crippen molar-refractivity contribution in [3.05, 3.63) is 64.5 Å². The molecule has 0 saturated heterocycles. The van der Waals surface area contributed by atoms with Crippen molar-refractivity contribution in [2.45, 2.75) is 13.3 Å². The monoisotopic (exact) mass is 375 g/mol. The summed E-state index contributed by atoms with van der Waals surface area (Å²) in [5, 5.41) is 2.07. The summed E-state index contributed by atoms with van der Waals surface area (Å²) >= 11 is 1.59. The summed E-state index contributed by atoms with van der Waals surface area (Å²) < 4.78 is 1.87. The van der Waals surface area contributed by atoms with E-state index in [9.17, 15) is 4.79 Å². The number of nitrogens with zero attached hydrogens (tertiary/aromatic N) is 5. The number of thiazole rings is 1. The van der Waals surface area contributed by atoms with Gasteiger partial charge in [0.15, 0.2) is 0 Å². The number of carbonyl (C=O) groups is 1. The van der Waals surface area contributed by atoms with Gasteiger partial charge in [-0.25, -0.2) is 9.97 Å². The number of carbonyl (C=O) groups excluding carboxylic acids is 1. The fraction of sp³-hybridized carbons (Fsp3) is 0.200. The van der Waals surface area contributed by atoms with Gasteiger partial charge >= 0.3 is 0 Å². The molecule has 0 N–H and O–H groups in total. The van der Waals surface area contributed by atoms with E-state index in [1.54, 1.807) is 17.7 Å². The number of aliphatic imine (C=N–C) groups is 1. The van der Waals surface area contributed by atoms with Gasteiger partial charge in [-0.15, -0.1) is 11.3 Å². The van der Waals surface area contributed by atoms with E-state index in [1.165, 1.54) is 5.56 Å². The first-order valence-corrected chi connectivity index (χ1v) is 9.73. The van der Waals surface area contributed by atoms with Crippen molar-refractivity contribution in [2.75, 3.05) is 13.1 Å². The van der Waals surface area contributed by atoms with Gasteiger partial charge in [-0.3, -0.25) is 14.4 Å². The zero-order valence-corrected chi connectivity index (χ0v) is 15.6. The smallest absolute Gasteiger partial charge is 0.248 e. The van der Waals surface area contributed by atoms with Crippen LogP contribution >= 0.6 is 11.3 Å². The summed E-state index contributed by atoms with van der Waals surface area (Å²) in [6.07, 6.45) is 6.47. The third-order valence-corrected chi connectivity index (χ3v) is 5.54. The van der Waals surface area contributed by atoms with Crippen molar-refractivity contribution >= 4 is 28.8 Å². The van der Waals surface area contributed by atoms with E-state index in [2.05, 4.69) is 32.5 Å². The molecule has 6 nitrogen and oxygen atoms in total. The molecule has 0 fully saturated rings. The Kier molecular flexibility index (Phi) is 3.75. The molecule has 0 aliphatic carbocycles. The summed E-state index contributed by atoms with van der Waals surface area (Å²) in [6, 6.07) is 6.22. The number of allylic oxidation sites excluding steroid dienone is 1. The number of benzene rings is 1. The SMILES string of the molecule is Cc1cn(C2=NCC(=O)N3CCc4c(cccc4-c4cscn4)C3=C2)cn1. The lowest BCUT2D eigenvalue weighted by atomic mass is 9.90. The summed E-state index contributed by atoms with van der Waals surface area (Å²) in [5.41, 5.74) is 8.12. The zero-order valence-electron chi connectivity index (χ0n) is 14.8. The molecule has 2 aromatic heterocycles. The topological polar surface area (TPSA) is 63.4 Å². The van der Waals surface area contributed by atoms with Crippen LogP contribution in [0, 0.1) is 6.92 Å². The summed E-state index contributed by atoms with van der Waals surface area (Å²) in [4.78, 5) is 27.8. The summed E-state index contributed by atoms with van der Waals surface area (Å²) in [6.45, 7) is 2.74. The van der Waals surface area contributed by atoms with E-state index in [4.69, 9.17) is 0 Å². The predicted octanol–water partition coefficient (Wildman–Crippen LogP) is 3.00. The Labute approximate surface area is 160 Å². The zero-order chi connectivity index (χ0) is 18.4. The van der Waals surface area contributed by atoms with Gasteiger partial charge in [0.25, 0.3) is 0 Å². The summed E-state index contributed by atoms with van der Waals surface area (Å²) in [7, 11) is 0. The highest BCUT2D eigenvalue weighted by molar-refractivity contribution is 7.07. The molecule has 0 spiro atoms. The average Bonchev–Trinajstić information content (AvgIpc) is 3.33. The number of aromatic nitrogens is 3. The van der Waals surface area contributed by atoms with Crippen LogP contribution in [0.5, 0.6) is 0 Å². The van der Waals surface area contributed by atoms with Crippen LogP contribution in [0.25, 0.3) is 17.0 Å². The van der Waals surface area contributed by atoms with Crippen LogP contribution in [-0.4, -0.2) is 44.3 Å². The van der Waals surface area contributed by atoms with Gasteiger partial charge in [0, 0.05) is 35.3 Å². The number of imidazole rings is 1. The van der Waals surface area contributed by atoms with Gasteiger partial charge in [-0.2, -0.15) is 0 Å². The fourth-order valence-electron chi connectivity index (χ4n) is 3.69. The van der Waals surface area contributed by atoms with E-state index in [0.29, 0.717) is 6.54 Å². The van der Waals surface area contributed by atoms with Crippen LogP contribution in [0.15, 0.2) is 52.7 Å². The van der Waals surface area contributed by atoms with Crippen molar-refractivity contribution in [2.24, 2.45) is 4.99 Å². The molecule has 0 bridgehead atoms. The second kappa shape index (κ2) is 6.28. The number of rotatable bonds is 1. The molecule has 0 unspecified atom stereocenters. The first-order chi connectivity index (χ1) is 13.2. The van der Waals surface area contributed by atoms with Crippen molar-refractivity contribution < 1.29 is 4.79 Å². The van der Waals surface area contributed by atoms with E-state index in [-0.39, 0.29) is 12.5 Å². The highest BCUT2D eigenvalue weighted by Crippen LogP contribution is 2.36. The van der Waals surface area contributed by atoms with Crippen LogP contribution in [0.4, 0.5) is 0 Å². The van der Waals surface area contributed by atoms with E-state index < -0.39 is 0 Å². The Morgan fingerprint density at radius 3 is 2.85 bits per heavy atom. The van der Waals surface area contributed by atoms with Crippen LogP contribution in [0.3, 0.4) is 0 Å². The minimum atomic E-state index is 0.0257. The molecule has 134 valence electrons. The molecule has 27 heavy (non-hydrogen) atoms. The van der Waals surface area contributed by atoms with Crippen molar-refractivity contribution in [1.29, 1.82) is 0 Å². The van der Waals surface area contributed by atoms with Crippen molar-refractivity contribution in [1.82, 2.24) is 19.4 Å². The molecule has 1 aromatic carbocycles. The Balaban J connectivity index is 1.67. The highest BCUT2D eigenvalue weighted by Gasteiger charge is 2.29. The highest BCUT2D eigenvalue weighted by atomic mass is 32.1. The first kappa shape index (κ1) is 16.1. The Bertz CT molecular complexity index is 1090. The number of fused-ring (bicyclic) bond motifs is 3. The fourth-order valence-corrected chi connectivity index (χ4v) is 4.24. The second-order valence-electron chi connectivity index (χ2n) is 6.63. The molecule has 1 amide bonds. The quantitative estimate of drug-likeness (QED) is 0.657. The molecule has 0 radical (unpaired) electrons. The molecule has 2 aliphatic heterocycles. The lowest BCUT2D eigenvalue weighted by molar-refractivity contribution is -0.126. The van der Waals surface area contributed by atoms with Crippen LogP contribution in [0.2, 0.25) is 0 Å². The second-order valence-corrected chi connectivity index (χ2v) is 7.35. The Morgan fingerprint density at radius 1 is 1.19 bits per heavy atom. The largest absolute Gasteiger partial charge is 0.310 e. The lowest BCUT2D eigenvalue weighted by Crippen LogP contribution is -2.36. The number of aryl methyl sites for hydroxylation is 1. The molecule has 0 atom stereocenters. The minimum Gasteiger partial charge on any atom is -0.310 e. The molecule has 7 heteroatoms. The van der Waals surface area contributed by atoms with Crippen LogP contribution in [-0.2, 0) is 11.2 Å².